The molecule has 0 heterocycles. The maximum atomic E-state index is 12.9. The Morgan fingerprint density at radius 1 is 0.625 bits per heavy atom. The van der Waals surface area contributed by atoms with Gasteiger partial charge in [0.1, 0.15) is 0 Å². The van der Waals surface area contributed by atoms with Crippen LogP contribution in [0.15, 0.2) is 36.4 Å². The van der Waals surface area contributed by atoms with E-state index in [9.17, 15) is 9.59 Å². The van der Waals surface area contributed by atoms with Gasteiger partial charge in [0.15, 0.2) is 0 Å². The summed E-state index contributed by atoms with van der Waals surface area (Å²) >= 11 is 0. The first-order valence-corrected chi connectivity index (χ1v) is 8.88. The van der Waals surface area contributed by atoms with Crippen LogP contribution in [0.3, 0.4) is 0 Å². The molecule has 0 unspecified atom stereocenters. The number of Topliss-reactive ketones (excluding diaryl/α,β-unsaturated/α-hetero) is 2. The van der Waals surface area contributed by atoms with Crippen molar-refractivity contribution in [2.75, 3.05) is 0 Å². The van der Waals surface area contributed by atoms with Crippen LogP contribution in [0.25, 0.3) is 0 Å². The molecular formula is C22H26O2. The number of carbonyl (C=O) groups excluding carboxylic acids is 2. The van der Waals surface area contributed by atoms with Crippen LogP contribution >= 0.6 is 0 Å². The van der Waals surface area contributed by atoms with Crippen molar-refractivity contribution in [2.24, 2.45) is 0 Å². The molecule has 0 bridgehead atoms. The molecule has 24 heavy (non-hydrogen) atoms. The Balaban J connectivity index is 2.49. The first-order chi connectivity index (χ1) is 11.5. The second kappa shape index (κ2) is 8.05. The van der Waals surface area contributed by atoms with Crippen molar-refractivity contribution >= 4 is 11.6 Å². The zero-order valence-corrected chi connectivity index (χ0v) is 15.1. The summed E-state index contributed by atoms with van der Waals surface area (Å²) in [5.41, 5.74) is 5.17. The fourth-order valence-corrected chi connectivity index (χ4v) is 2.97. The molecule has 0 aliphatic heterocycles. The number of aryl methyl sites for hydroxylation is 4. The van der Waals surface area contributed by atoms with E-state index in [1.54, 1.807) is 0 Å². The van der Waals surface area contributed by atoms with Crippen molar-refractivity contribution in [3.05, 3.63) is 69.8 Å². The van der Waals surface area contributed by atoms with E-state index in [1.807, 2.05) is 50.2 Å². The van der Waals surface area contributed by atoms with Gasteiger partial charge >= 0.3 is 0 Å². The molecule has 0 radical (unpaired) electrons. The predicted molar refractivity (Wildman–Crippen MR) is 99.1 cm³/mol. The number of benzene rings is 2. The number of rotatable bonds is 7. The fourth-order valence-electron chi connectivity index (χ4n) is 2.97. The second-order valence-electron chi connectivity index (χ2n) is 6.06. The van der Waals surface area contributed by atoms with Crippen molar-refractivity contribution in [3.63, 3.8) is 0 Å². The van der Waals surface area contributed by atoms with Gasteiger partial charge in [-0.1, -0.05) is 52.0 Å². The number of ketones is 2. The van der Waals surface area contributed by atoms with Gasteiger partial charge in [-0.2, -0.15) is 0 Å². The Kier molecular flexibility index (Phi) is 6.08. The molecule has 2 aromatic carbocycles. The summed E-state index contributed by atoms with van der Waals surface area (Å²) in [6, 6.07) is 11.8. The third-order valence-electron chi connectivity index (χ3n) is 4.62. The van der Waals surface area contributed by atoms with Gasteiger partial charge in [-0.25, -0.2) is 0 Å². The van der Waals surface area contributed by atoms with E-state index in [4.69, 9.17) is 0 Å². The minimum atomic E-state index is -0.384. The smallest absolute Gasteiger partial charge is 0.233 e. The van der Waals surface area contributed by atoms with Crippen LogP contribution in [-0.4, -0.2) is 11.6 Å². The molecular weight excluding hydrogens is 296 g/mol. The third kappa shape index (κ3) is 3.64. The Morgan fingerprint density at radius 3 is 1.29 bits per heavy atom. The standard InChI is InChI=1S/C22H26O2/c1-5-15-9-11-17(7-3)19(13-15)21(23)22(24)20-14-16(6-2)10-12-18(20)8-4/h9-14H,5-8H2,1-4H3. The minimum absolute atomic E-state index is 0.384. The molecule has 0 saturated heterocycles. The zero-order chi connectivity index (χ0) is 17.7. The fraction of sp³-hybridized carbons (Fsp3) is 0.364. The van der Waals surface area contributed by atoms with E-state index >= 15 is 0 Å². The van der Waals surface area contributed by atoms with Gasteiger partial charge in [-0.3, -0.25) is 9.59 Å². The molecule has 2 rings (SSSR count). The first kappa shape index (κ1) is 18.1. The second-order valence-corrected chi connectivity index (χ2v) is 6.06. The van der Waals surface area contributed by atoms with Gasteiger partial charge in [0, 0.05) is 11.1 Å². The monoisotopic (exact) mass is 322 g/mol. The average Bonchev–Trinajstić information content (AvgIpc) is 2.65. The molecule has 0 aliphatic carbocycles. The highest BCUT2D eigenvalue weighted by molar-refractivity contribution is 6.49. The molecule has 0 amide bonds. The lowest BCUT2D eigenvalue weighted by Gasteiger charge is -2.11. The molecule has 126 valence electrons. The number of hydrogen-bond acceptors (Lipinski definition) is 2. The lowest BCUT2D eigenvalue weighted by Crippen LogP contribution is -2.18. The van der Waals surface area contributed by atoms with E-state index < -0.39 is 0 Å². The maximum absolute atomic E-state index is 12.9. The number of carbonyl (C=O) groups is 2. The van der Waals surface area contributed by atoms with Crippen LogP contribution < -0.4 is 0 Å². The topological polar surface area (TPSA) is 34.1 Å². The maximum Gasteiger partial charge on any atom is 0.233 e. The highest BCUT2D eigenvalue weighted by atomic mass is 16.2. The lowest BCUT2D eigenvalue weighted by atomic mass is 9.90. The largest absolute Gasteiger partial charge is 0.285 e. The quantitative estimate of drug-likeness (QED) is 0.531. The Bertz CT molecular complexity index is 691. The Morgan fingerprint density at radius 2 is 1.00 bits per heavy atom. The summed E-state index contributed by atoms with van der Waals surface area (Å²) in [6.45, 7) is 8.13. The first-order valence-electron chi connectivity index (χ1n) is 8.88. The summed E-state index contributed by atoms with van der Waals surface area (Å²) in [6.07, 6.45) is 3.19. The van der Waals surface area contributed by atoms with E-state index in [1.165, 1.54) is 0 Å². The normalized spacial score (nSPS) is 10.7. The van der Waals surface area contributed by atoms with Gasteiger partial charge in [0.05, 0.1) is 0 Å². The van der Waals surface area contributed by atoms with E-state index in [0.717, 1.165) is 47.9 Å². The molecule has 2 aromatic rings. The van der Waals surface area contributed by atoms with Crippen LogP contribution in [0.4, 0.5) is 0 Å². The molecule has 0 aromatic heterocycles. The molecule has 2 nitrogen and oxygen atoms in total. The average molecular weight is 322 g/mol. The highest BCUT2D eigenvalue weighted by Gasteiger charge is 2.23. The highest BCUT2D eigenvalue weighted by Crippen LogP contribution is 2.20. The zero-order valence-electron chi connectivity index (χ0n) is 15.1. The summed E-state index contributed by atoms with van der Waals surface area (Å²) in [5.74, 6) is -0.768. The molecule has 2 heteroatoms. The molecule has 0 fully saturated rings. The van der Waals surface area contributed by atoms with Crippen molar-refractivity contribution in [1.29, 1.82) is 0 Å². The van der Waals surface area contributed by atoms with Gasteiger partial charge in [0.2, 0.25) is 11.6 Å². The van der Waals surface area contributed by atoms with Crippen molar-refractivity contribution < 1.29 is 9.59 Å². The Hall–Kier alpha value is -2.22. The van der Waals surface area contributed by atoms with Crippen LogP contribution in [0.1, 0.15) is 70.7 Å². The Labute approximate surface area is 144 Å². The van der Waals surface area contributed by atoms with Gasteiger partial charge in [-0.15, -0.1) is 0 Å². The van der Waals surface area contributed by atoms with Crippen LogP contribution in [0.2, 0.25) is 0 Å². The van der Waals surface area contributed by atoms with Crippen molar-refractivity contribution in [1.82, 2.24) is 0 Å². The molecule has 0 saturated carbocycles. The van der Waals surface area contributed by atoms with E-state index in [2.05, 4.69) is 13.8 Å². The van der Waals surface area contributed by atoms with Gasteiger partial charge < -0.3 is 0 Å². The minimum Gasteiger partial charge on any atom is -0.285 e. The van der Waals surface area contributed by atoms with Crippen LogP contribution in [-0.2, 0) is 25.7 Å². The van der Waals surface area contributed by atoms with E-state index in [0.29, 0.717) is 11.1 Å². The molecule has 0 aliphatic rings. The molecule has 0 N–H and O–H groups in total. The summed E-state index contributed by atoms with van der Waals surface area (Å²) in [4.78, 5) is 25.8. The lowest BCUT2D eigenvalue weighted by molar-refractivity contribution is 0.0815. The molecule has 0 spiro atoms. The summed E-state index contributed by atoms with van der Waals surface area (Å²) in [5, 5.41) is 0. The van der Waals surface area contributed by atoms with Gasteiger partial charge in [-0.05, 0) is 60.1 Å². The van der Waals surface area contributed by atoms with E-state index in [-0.39, 0.29) is 11.6 Å². The summed E-state index contributed by atoms with van der Waals surface area (Å²) < 4.78 is 0. The SMILES string of the molecule is CCc1ccc(CC)c(C(=O)C(=O)c2cc(CC)ccc2CC)c1. The predicted octanol–water partition coefficient (Wildman–Crippen LogP) is 5.00. The van der Waals surface area contributed by atoms with Crippen LogP contribution in [0, 0.1) is 0 Å². The molecule has 0 atom stereocenters. The third-order valence-corrected chi connectivity index (χ3v) is 4.62. The van der Waals surface area contributed by atoms with Crippen molar-refractivity contribution in [2.45, 2.75) is 53.4 Å². The van der Waals surface area contributed by atoms with Crippen molar-refractivity contribution in [3.8, 4) is 0 Å². The van der Waals surface area contributed by atoms with Crippen LogP contribution in [0.5, 0.6) is 0 Å². The summed E-state index contributed by atoms with van der Waals surface area (Å²) in [7, 11) is 0. The number of hydrogen-bond donors (Lipinski definition) is 0. The van der Waals surface area contributed by atoms with Gasteiger partial charge in [0.25, 0.3) is 0 Å².